The molecule has 3 heteroatoms. The van der Waals surface area contributed by atoms with Crippen LogP contribution in [0.15, 0.2) is 11.4 Å². The smallest absolute Gasteiger partial charge is 0.0931 e. The predicted octanol–water partition coefficient (Wildman–Crippen LogP) is 3.39. The van der Waals surface area contributed by atoms with E-state index in [-0.39, 0.29) is 0 Å². The zero-order chi connectivity index (χ0) is 6.85. The molecular formula is C6H7ClS2. The Labute approximate surface area is 69.3 Å². The third-order valence-corrected chi connectivity index (χ3v) is 2.48. The van der Waals surface area contributed by atoms with Gasteiger partial charge in [0.15, 0.2) is 0 Å². The maximum absolute atomic E-state index is 5.69. The van der Waals surface area contributed by atoms with Gasteiger partial charge in [0.2, 0.25) is 0 Å². The molecule has 0 aliphatic carbocycles. The second-order valence-corrected chi connectivity index (χ2v) is 4.18. The molecule has 0 saturated heterocycles. The van der Waals surface area contributed by atoms with Gasteiger partial charge in [-0.05, 0) is 23.9 Å². The van der Waals surface area contributed by atoms with Crippen LogP contribution in [0.25, 0.3) is 0 Å². The lowest BCUT2D eigenvalue weighted by Crippen LogP contribution is -1.75. The minimum Gasteiger partial charge on any atom is -0.171 e. The zero-order valence-electron chi connectivity index (χ0n) is 4.97. The van der Waals surface area contributed by atoms with Gasteiger partial charge in [0.25, 0.3) is 0 Å². The first-order valence-electron chi connectivity index (χ1n) is 2.62. The van der Waals surface area contributed by atoms with Crippen LogP contribution < -0.4 is 0 Å². The first kappa shape index (κ1) is 7.45. The molecule has 0 aliphatic heterocycles. The van der Waals surface area contributed by atoms with E-state index in [9.17, 15) is 0 Å². The van der Waals surface area contributed by atoms with E-state index in [1.54, 1.807) is 11.3 Å². The lowest BCUT2D eigenvalue weighted by atomic mass is 10.3. The molecule has 1 aromatic heterocycles. The summed E-state index contributed by atoms with van der Waals surface area (Å²) in [6.07, 6.45) is 0. The summed E-state index contributed by atoms with van der Waals surface area (Å²) in [5, 5.41) is 2.33. The van der Waals surface area contributed by atoms with Crippen molar-refractivity contribution in [2.45, 2.75) is 12.2 Å². The van der Waals surface area contributed by atoms with Gasteiger partial charge in [-0.15, -0.1) is 11.3 Å². The van der Waals surface area contributed by atoms with E-state index in [0.717, 1.165) is 4.34 Å². The quantitative estimate of drug-likeness (QED) is 0.627. The highest BCUT2D eigenvalue weighted by molar-refractivity contribution is 7.80. The molecule has 9 heavy (non-hydrogen) atoms. The predicted molar refractivity (Wildman–Crippen MR) is 46.7 cm³/mol. The molecule has 1 rings (SSSR count). The van der Waals surface area contributed by atoms with Gasteiger partial charge in [0.1, 0.15) is 0 Å². The highest BCUT2D eigenvalue weighted by atomic mass is 35.5. The maximum atomic E-state index is 5.69. The number of thiol groups is 1. The van der Waals surface area contributed by atoms with E-state index in [1.807, 2.05) is 18.4 Å². The molecule has 0 amide bonds. The second-order valence-electron chi connectivity index (χ2n) is 1.86. The lowest BCUT2D eigenvalue weighted by Gasteiger charge is -1.95. The van der Waals surface area contributed by atoms with Crippen LogP contribution in [0, 0.1) is 0 Å². The minimum absolute atomic E-state index is 0.300. The summed E-state index contributed by atoms with van der Waals surface area (Å²) in [4.78, 5) is 0. The van der Waals surface area contributed by atoms with Crippen molar-refractivity contribution in [3.63, 3.8) is 0 Å². The second kappa shape index (κ2) is 2.95. The lowest BCUT2D eigenvalue weighted by molar-refractivity contribution is 1.13. The van der Waals surface area contributed by atoms with Crippen molar-refractivity contribution in [2.24, 2.45) is 0 Å². The van der Waals surface area contributed by atoms with Gasteiger partial charge in [-0.2, -0.15) is 12.6 Å². The molecule has 0 radical (unpaired) electrons. The number of thiophene rings is 1. The molecule has 0 fully saturated rings. The van der Waals surface area contributed by atoms with Gasteiger partial charge < -0.3 is 0 Å². The molecular weight excluding hydrogens is 172 g/mol. The number of hydrogen-bond acceptors (Lipinski definition) is 2. The summed E-state index contributed by atoms with van der Waals surface area (Å²) < 4.78 is 0.839. The Bertz CT molecular complexity index is 193. The summed E-state index contributed by atoms with van der Waals surface area (Å²) in [6, 6.07) is 1.95. The first-order valence-corrected chi connectivity index (χ1v) is 4.39. The molecule has 0 spiro atoms. The SMILES string of the molecule is CC(S)c1csc(Cl)c1. The van der Waals surface area contributed by atoms with Gasteiger partial charge in [0.05, 0.1) is 4.34 Å². The number of halogens is 1. The van der Waals surface area contributed by atoms with Crippen molar-refractivity contribution < 1.29 is 0 Å². The van der Waals surface area contributed by atoms with Crippen molar-refractivity contribution in [3.05, 3.63) is 21.3 Å². The Morgan fingerprint density at radius 3 is 2.67 bits per heavy atom. The summed E-state index contributed by atoms with van der Waals surface area (Å²) in [5.74, 6) is 0. The molecule has 0 N–H and O–H groups in total. The molecule has 0 saturated carbocycles. The van der Waals surface area contributed by atoms with E-state index in [4.69, 9.17) is 11.6 Å². The van der Waals surface area contributed by atoms with E-state index in [2.05, 4.69) is 12.6 Å². The average Bonchev–Trinajstić information content (AvgIpc) is 2.14. The van der Waals surface area contributed by atoms with Crippen LogP contribution in [0.4, 0.5) is 0 Å². The van der Waals surface area contributed by atoms with Crippen molar-refractivity contribution >= 4 is 35.6 Å². The Balaban J connectivity index is 2.85. The molecule has 0 aromatic carbocycles. The Hall–Kier alpha value is 0.340. The van der Waals surface area contributed by atoms with E-state index >= 15 is 0 Å². The van der Waals surface area contributed by atoms with Gasteiger partial charge in [-0.1, -0.05) is 11.6 Å². The van der Waals surface area contributed by atoms with Crippen LogP contribution in [0.2, 0.25) is 4.34 Å². The summed E-state index contributed by atoms with van der Waals surface area (Å²) >= 11 is 11.5. The standard InChI is InChI=1S/C6H7ClS2/c1-4(8)5-2-6(7)9-3-5/h2-4,8H,1H3. The summed E-state index contributed by atoms with van der Waals surface area (Å²) in [7, 11) is 0. The fraction of sp³-hybridized carbons (Fsp3) is 0.333. The zero-order valence-corrected chi connectivity index (χ0v) is 7.43. The van der Waals surface area contributed by atoms with Gasteiger partial charge in [-0.25, -0.2) is 0 Å². The Kier molecular flexibility index (Phi) is 2.44. The monoisotopic (exact) mass is 178 g/mol. The molecule has 0 nitrogen and oxygen atoms in total. The van der Waals surface area contributed by atoms with E-state index in [1.165, 1.54) is 5.56 Å². The molecule has 0 aliphatic rings. The van der Waals surface area contributed by atoms with Crippen LogP contribution in [0.5, 0.6) is 0 Å². The Morgan fingerprint density at radius 2 is 2.44 bits per heavy atom. The van der Waals surface area contributed by atoms with Crippen molar-refractivity contribution in [1.82, 2.24) is 0 Å². The molecule has 1 unspecified atom stereocenters. The summed E-state index contributed by atoms with van der Waals surface area (Å²) in [5.41, 5.74) is 1.20. The van der Waals surface area contributed by atoms with Gasteiger partial charge in [0, 0.05) is 5.25 Å². The van der Waals surface area contributed by atoms with Crippen LogP contribution >= 0.6 is 35.6 Å². The largest absolute Gasteiger partial charge is 0.171 e. The topological polar surface area (TPSA) is 0 Å². The maximum Gasteiger partial charge on any atom is 0.0931 e. The average molecular weight is 179 g/mol. The number of hydrogen-bond donors (Lipinski definition) is 1. The van der Waals surface area contributed by atoms with Crippen molar-refractivity contribution in [3.8, 4) is 0 Å². The number of rotatable bonds is 1. The van der Waals surface area contributed by atoms with Crippen LogP contribution in [-0.2, 0) is 0 Å². The molecule has 1 heterocycles. The highest BCUT2D eigenvalue weighted by Gasteiger charge is 2.00. The Morgan fingerprint density at radius 1 is 1.78 bits per heavy atom. The fourth-order valence-corrected chi connectivity index (χ4v) is 1.78. The third kappa shape index (κ3) is 1.88. The minimum atomic E-state index is 0.300. The van der Waals surface area contributed by atoms with E-state index in [0.29, 0.717) is 5.25 Å². The van der Waals surface area contributed by atoms with Crippen molar-refractivity contribution in [1.29, 1.82) is 0 Å². The van der Waals surface area contributed by atoms with Gasteiger partial charge in [-0.3, -0.25) is 0 Å². The summed E-state index contributed by atoms with van der Waals surface area (Å²) in [6.45, 7) is 2.03. The molecule has 1 atom stereocenters. The third-order valence-electron chi connectivity index (χ3n) is 1.07. The van der Waals surface area contributed by atoms with Gasteiger partial charge >= 0.3 is 0 Å². The van der Waals surface area contributed by atoms with Crippen LogP contribution in [0.3, 0.4) is 0 Å². The van der Waals surface area contributed by atoms with Crippen LogP contribution in [-0.4, -0.2) is 0 Å². The normalized spacial score (nSPS) is 13.7. The fourth-order valence-electron chi connectivity index (χ4n) is 0.542. The molecule has 50 valence electrons. The van der Waals surface area contributed by atoms with E-state index < -0.39 is 0 Å². The van der Waals surface area contributed by atoms with Crippen LogP contribution in [0.1, 0.15) is 17.7 Å². The molecule has 1 aromatic rings. The highest BCUT2D eigenvalue weighted by Crippen LogP contribution is 2.27. The van der Waals surface area contributed by atoms with Crippen molar-refractivity contribution in [2.75, 3.05) is 0 Å². The molecule has 0 bridgehead atoms. The first-order chi connectivity index (χ1) is 4.20.